The first-order valence-electron chi connectivity index (χ1n) is 14.8. The van der Waals surface area contributed by atoms with Crippen molar-refractivity contribution in [3.8, 4) is 5.75 Å². The fourth-order valence-corrected chi connectivity index (χ4v) is 7.96. The van der Waals surface area contributed by atoms with Crippen molar-refractivity contribution < 1.29 is 18.8 Å². The second kappa shape index (κ2) is 13.2. The minimum Gasteiger partial charge on any atom is -0.490 e. The van der Waals surface area contributed by atoms with Crippen LogP contribution >= 0.6 is 11.6 Å². The van der Waals surface area contributed by atoms with E-state index in [1.165, 1.54) is 11.1 Å². The van der Waals surface area contributed by atoms with Crippen molar-refractivity contribution in [1.82, 2.24) is 0 Å². The highest BCUT2D eigenvalue weighted by atomic mass is 35.5. The van der Waals surface area contributed by atoms with Gasteiger partial charge in [0, 0.05) is 35.0 Å². The second-order valence-corrected chi connectivity index (χ2v) is 13.6. The molecule has 1 heterocycles. The van der Waals surface area contributed by atoms with Gasteiger partial charge in [0.1, 0.15) is 5.75 Å². The Kier molecular flexibility index (Phi) is 9.60. The molecule has 5 rings (SSSR count). The van der Waals surface area contributed by atoms with E-state index in [-0.39, 0.29) is 23.2 Å². The van der Waals surface area contributed by atoms with Crippen LogP contribution in [0.2, 0.25) is 5.02 Å². The minimum absolute atomic E-state index is 0.0386. The van der Waals surface area contributed by atoms with Crippen molar-refractivity contribution in [2.75, 3.05) is 30.3 Å². The van der Waals surface area contributed by atoms with Gasteiger partial charge < -0.3 is 23.3 Å². The van der Waals surface area contributed by atoms with Crippen LogP contribution in [0.3, 0.4) is 0 Å². The molecule has 0 bridgehead atoms. The molecule has 0 unspecified atom stereocenters. The lowest BCUT2D eigenvalue weighted by Gasteiger charge is -2.42. The number of ether oxygens (including phenoxy) is 1. The molecule has 224 valence electrons. The molecule has 6 nitrogen and oxygen atoms in total. The number of hydrogen-bond acceptors (Lipinski definition) is 6. The zero-order valence-corrected chi connectivity index (χ0v) is 25.8. The summed E-state index contributed by atoms with van der Waals surface area (Å²) in [6.07, 6.45) is 11.5. The first-order valence-corrected chi connectivity index (χ1v) is 16.4. The van der Waals surface area contributed by atoms with Crippen molar-refractivity contribution in [3.05, 3.63) is 95.6 Å². The summed E-state index contributed by atoms with van der Waals surface area (Å²) in [5.74, 6) is 0.767. The molecule has 1 amide bonds. The molecule has 2 aliphatic carbocycles. The van der Waals surface area contributed by atoms with Gasteiger partial charge in [0.25, 0.3) is 5.91 Å². The van der Waals surface area contributed by atoms with Gasteiger partial charge in [-0.3, -0.25) is 4.79 Å². The SMILES string of the molecule is C=CC[C@H](C)C[S-](=O)=NC(=O)c1ccc2c(c1)N(C[C@@H]1CC=C[C@H]1[C@@H](O)C=C)C[C@@]1(CCCc3cc(Cl)ccc31)CO2. The Labute approximate surface area is 256 Å². The third-order valence-electron chi connectivity index (χ3n) is 8.90. The van der Waals surface area contributed by atoms with Crippen LogP contribution in [0.4, 0.5) is 5.69 Å². The van der Waals surface area contributed by atoms with Gasteiger partial charge in [-0.05, 0) is 79.5 Å². The molecule has 1 N–H and O–H groups in total. The van der Waals surface area contributed by atoms with E-state index in [9.17, 15) is 14.1 Å². The molecular formula is C34H40ClN2O4S-. The highest BCUT2D eigenvalue weighted by molar-refractivity contribution is 7.75. The molecule has 0 radical (unpaired) electrons. The quantitative estimate of drug-likeness (QED) is 0.244. The van der Waals surface area contributed by atoms with E-state index in [0.29, 0.717) is 36.8 Å². The average molecular weight is 608 g/mol. The van der Waals surface area contributed by atoms with Crippen molar-refractivity contribution in [2.24, 2.45) is 22.1 Å². The summed E-state index contributed by atoms with van der Waals surface area (Å²) >= 11 is 6.39. The summed E-state index contributed by atoms with van der Waals surface area (Å²) in [5, 5.41) is 11.4. The van der Waals surface area contributed by atoms with E-state index in [4.69, 9.17) is 16.3 Å². The number of hydrogen-bond donors (Lipinski definition) is 1. The van der Waals surface area contributed by atoms with E-state index >= 15 is 0 Å². The maximum absolute atomic E-state index is 13.2. The van der Waals surface area contributed by atoms with Gasteiger partial charge in [-0.25, -0.2) is 0 Å². The molecule has 3 aliphatic rings. The van der Waals surface area contributed by atoms with Gasteiger partial charge in [-0.15, -0.1) is 13.2 Å². The number of aryl methyl sites for hydroxylation is 1. The number of anilines is 1. The van der Waals surface area contributed by atoms with Crippen LogP contribution in [0.15, 0.2) is 78.2 Å². The largest absolute Gasteiger partial charge is 0.490 e. The number of rotatable bonds is 9. The fraction of sp³-hybridized carbons (Fsp3) is 0.441. The number of carbonyl (C=O) groups is 1. The number of carbonyl (C=O) groups excluding carboxylic acids is 1. The maximum Gasteiger partial charge on any atom is 0.254 e. The van der Waals surface area contributed by atoms with E-state index in [2.05, 4.69) is 46.7 Å². The smallest absolute Gasteiger partial charge is 0.254 e. The lowest BCUT2D eigenvalue weighted by Crippen LogP contribution is -2.47. The minimum atomic E-state index is -1.62. The van der Waals surface area contributed by atoms with E-state index in [1.54, 1.807) is 18.2 Å². The third-order valence-corrected chi connectivity index (χ3v) is 10.4. The molecular weight excluding hydrogens is 568 g/mol. The zero-order valence-electron chi connectivity index (χ0n) is 24.2. The number of fused-ring (bicyclic) bond motifs is 3. The summed E-state index contributed by atoms with van der Waals surface area (Å²) in [4.78, 5) is 15.5. The summed E-state index contributed by atoms with van der Waals surface area (Å²) in [7, 11) is -1.62. The first kappa shape index (κ1) is 30.6. The van der Waals surface area contributed by atoms with Gasteiger partial charge in [-0.1, -0.05) is 60.6 Å². The molecule has 0 aromatic heterocycles. The Morgan fingerprint density at radius 3 is 2.93 bits per heavy atom. The van der Waals surface area contributed by atoms with Gasteiger partial charge in [0.2, 0.25) is 0 Å². The van der Waals surface area contributed by atoms with Crippen molar-refractivity contribution in [3.63, 3.8) is 0 Å². The van der Waals surface area contributed by atoms with Crippen LogP contribution in [0.25, 0.3) is 0 Å². The van der Waals surface area contributed by atoms with E-state index in [0.717, 1.165) is 42.8 Å². The molecule has 2 aromatic carbocycles. The van der Waals surface area contributed by atoms with E-state index in [1.807, 2.05) is 25.1 Å². The maximum atomic E-state index is 13.2. The predicted octanol–water partition coefficient (Wildman–Crippen LogP) is 7.05. The number of amides is 1. The predicted molar refractivity (Wildman–Crippen MR) is 171 cm³/mol. The Bertz CT molecular complexity index is 1470. The Balaban J connectivity index is 1.51. The van der Waals surface area contributed by atoms with Crippen LogP contribution in [-0.2, 0) is 26.6 Å². The van der Waals surface area contributed by atoms with Crippen LogP contribution < -0.4 is 9.64 Å². The van der Waals surface area contributed by atoms with Crippen LogP contribution in [0, 0.1) is 17.8 Å². The van der Waals surface area contributed by atoms with Gasteiger partial charge >= 0.3 is 0 Å². The van der Waals surface area contributed by atoms with Crippen molar-refractivity contribution in [2.45, 2.75) is 50.5 Å². The molecule has 0 saturated carbocycles. The Morgan fingerprint density at radius 1 is 1.31 bits per heavy atom. The fourth-order valence-electron chi connectivity index (χ4n) is 6.78. The number of halogens is 1. The zero-order chi connectivity index (χ0) is 29.9. The molecule has 5 atom stereocenters. The molecule has 8 heteroatoms. The molecule has 2 aromatic rings. The van der Waals surface area contributed by atoms with Crippen LogP contribution in [-0.4, -0.2) is 42.6 Å². The molecule has 1 spiro atoms. The monoisotopic (exact) mass is 607 g/mol. The van der Waals surface area contributed by atoms with Crippen molar-refractivity contribution >= 4 is 33.8 Å². The standard InChI is InChI=1S/C34H40ClN2O4S/c1-4-8-23(3)20-42(40)36-33(39)25-12-15-32-30(18-25)37(19-26-9-6-11-28(26)31(38)5-2)21-34(22-41-32)16-7-10-24-17-27(35)13-14-29(24)34/h4-6,11-15,17-18,23,26,28,31,38H,1-2,7-10,16,19-22H2,3H3/q-1/t23-,26-,28+,31-,34-/m0/s1. The third kappa shape index (κ3) is 6.53. The highest BCUT2D eigenvalue weighted by Crippen LogP contribution is 2.45. The molecule has 0 fully saturated rings. The molecule has 1 aliphatic heterocycles. The number of nitrogens with zero attached hydrogens (tertiary/aromatic N) is 2. The van der Waals surface area contributed by atoms with Crippen molar-refractivity contribution in [1.29, 1.82) is 0 Å². The summed E-state index contributed by atoms with van der Waals surface area (Å²) in [6.45, 7) is 11.4. The molecule has 42 heavy (non-hydrogen) atoms. The number of aliphatic hydroxyl groups excluding tert-OH is 1. The number of allylic oxidation sites excluding steroid dienone is 2. The lowest BCUT2D eigenvalue weighted by molar-refractivity contribution is 0.100. The second-order valence-electron chi connectivity index (χ2n) is 12.0. The van der Waals surface area contributed by atoms with Gasteiger partial charge in [-0.2, -0.15) is 10.6 Å². The summed E-state index contributed by atoms with van der Waals surface area (Å²) < 4.78 is 23.2. The highest BCUT2D eigenvalue weighted by Gasteiger charge is 2.43. The first-order chi connectivity index (χ1) is 20.2. The van der Waals surface area contributed by atoms with Crippen LogP contribution in [0.5, 0.6) is 5.75 Å². The van der Waals surface area contributed by atoms with Gasteiger partial charge in [0.05, 0.1) is 18.4 Å². The van der Waals surface area contributed by atoms with Crippen LogP contribution in [0.1, 0.15) is 54.1 Å². The summed E-state index contributed by atoms with van der Waals surface area (Å²) in [5.41, 5.74) is 3.46. The Morgan fingerprint density at radius 2 is 2.14 bits per heavy atom. The number of aliphatic hydroxyl groups is 1. The lowest BCUT2D eigenvalue weighted by atomic mass is 9.70. The average Bonchev–Trinajstić information content (AvgIpc) is 3.37. The van der Waals surface area contributed by atoms with E-state index < -0.39 is 22.6 Å². The Hall–Kier alpha value is -2.87. The number of benzene rings is 2. The normalized spacial score (nSPS) is 25.2. The summed E-state index contributed by atoms with van der Waals surface area (Å²) in [6, 6.07) is 11.6. The topological polar surface area (TPSA) is 79.2 Å². The van der Waals surface area contributed by atoms with Gasteiger partial charge in [0.15, 0.2) is 0 Å². The molecule has 0 saturated heterocycles.